The molecule has 1 aromatic carbocycles. The van der Waals surface area contributed by atoms with E-state index in [0.29, 0.717) is 19.3 Å². The fourth-order valence-corrected chi connectivity index (χ4v) is 7.26. The van der Waals surface area contributed by atoms with Crippen LogP contribution in [0.4, 0.5) is 0 Å². The fourth-order valence-electron chi connectivity index (χ4n) is 7.26. The van der Waals surface area contributed by atoms with E-state index in [4.69, 9.17) is 9.47 Å². The van der Waals surface area contributed by atoms with Crippen LogP contribution in [0.1, 0.15) is 71.9 Å². The number of ether oxygens (including phenoxy) is 2. The van der Waals surface area contributed by atoms with Crippen LogP contribution in [0.2, 0.25) is 0 Å². The van der Waals surface area contributed by atoms with Crippen molar-refractivity contribution in [3.8, 4) is 0 Å². The lowest BCUT2D eigenvalue weighted by Crippen LogP contribution is -2.62. The monoisotopic (exact) mass is 623 g/mol. The van der Waals surface area contributed by atoms with Gasteiger partial charge in [-0.3, -0.25) is 19.2 Å². The molecule has 10 nitrogen and oxygen atoms in total. The standard InChI is InChI=1S/C35H49N3O7/c1-8-10-16-27(40)44-21-24(23-14-12-11-13-15-23)36-31(41)28-26-17-18-35(45-26)29(28)32(42)38(25(20-39)22(3)4)30(35)33(43)37(19-9-2)34(5,6)7/h8-9,11-15,22,24-26,28-30,39H,1-2,10,16-21H2,3-7H3,(H,36,41)/t24-,25+,26-,28+,29+,30-,35+/m1/s1. The van der Waals surface area contributed by atoms with Crippen molar-refractivity contribution in [2.24, 2.45) is 17.8 Å². The van der Waals surface area contributed by atoms with Gasteiger partial charge in [-0.25, -0.2) is 0 Å². The molecule has 3 aliphatic heterocycles. The summed E-state index contributed by atoms with van der Waals surface area (Å²) in [4.78, 5) is 58.7. The lowest BCUT2D eigenvalue weighted by molar-refractivity contribution is -0.155. The van der Waals surface area contributed by atoms with Crippen molar-refractivity contribution in [2.45, 2.75) is 95.7 Å². The third kappa shape index (κ3) is 6.58. The third-order valence-electron chi connectivity index (χ3n) is 9.46. The van der Waals surface area contributed by atoms with Crippen molar-refractivity contribution in [3.63, 3.8) is 0 Å². The Morgan fingerprint density at radius 3 is 2.47 bits per heavy atom. The summed E-state index contributed by atoms with van der Waals surface area (Å²) in [5.74, 6) is -3.36. The van der Waals surface area contributed by atoms with Gasteiger partial charge in [-0.05, 0) is 51.5 Å². The first-order chi connectivity index (χ1) is 21.3. The van der Waals surface area contributed by atoms with Crippen molar-refractivity contribution in [2.75, 3.05) is 19.8 Å². The van der Waals surface area contributed by atoms with Crippen LogP contribution in [-0.2, 0) is 28.7 Å². The van der Waals surface area contributed by atoms with Gasteiger partial charge in [0.1, 0.15) is 18.2 Å². The van der Waals surface area contributed by atoms with Crippen LogP contribution in [0.5, 0.6) is 0 Å². The number of benzene rings is 1. The number of allylic oxidation sites excluding steroid dienone is 1. The molecule has 7 atom stereocenters. The van der Waals surface area contributed by atoms with Crippen LogP contribution in [0, 0.1) is 17.8 Å². The summed E-state index contributed by atoms with van der Waals surface area (Å²) in [5, 5.41) is 13.5. The zero-order valence-corrected chi connectivity index (χ0v) is 27.2. The second-order valence-corrected chi connectivity index (χ2v) is 13.7. The van der Waals surface area contributed by atoms with E-state index in [-0.39, 0.29) is 43.9 Å². The normalized spacial score (nSPS) is 26.7. The molecule has 1 spiro atoms. The van der Waals surface area contributed by atoms with Crippen molar-refractivity contribution < 1.29 is 33.8 Å². The van der Waals surface area contributed by atoms with Crippen molar-refractivity contribution in [3.05, 3.63) is 61.2 Å². The molecule has 246 valence electrons. The molecular formula is C35H49N3O7. The summed E-state index contributed by atoms with van der Waals surface area (Å²) in [5.41, 5.74) is -1.05. The molecule has 3 saturated heterocycles. The van der Waals surface area contributed by atoms with Crippen LogP contribution in [-0.4, -0.2) is 87.7 Å². The van der Waals surface area contributed by atoms with Gasteiger partial charge in [0.05, 0.1) is 36.6 Å². The maximum absolute atomic E-state index is 14.5. The van der Waals surface area contributed by atoms with Gasteiger partial charge < -0.3 is 29.7 Å². The molecule has 0 radical (unpaired) electrons. The van der Waals surface area contributed by atoms with Crippen molar-refractivity contribution in [1.82, 2.24) is 15.1 Å². The number of amides is 3. The number of hydrogen-bond acceptors (Lipinski definition) is 7. The molecule has 2 bridgehead atoms. The van der Waals surface area contributed by atoms with Gasteiger partial charge in [0.2, 0.25) is 17.7 Å². The third-order valence-corrected chi connectivity index (χ3v) is 9.46. The number of carbonyl (C=O) groups is 4. The Balaban J connectivity index is 1.69. The largest absolute Gasteiger partial charge is 0.463 e. The zero-order valence-electron chi connectivity index (χ0n) is 27.2. The number of hydrogen-bond donors (Lipinski definition) is 2. The van der Waals surface area contributed by atoms with Gasteiger partial charge >= 0.3 is 5.97 Å². The van der Waals surface area contributed by atoms with Gasteiger partial charge in [-0.15, -0.1) is 13.2 Å². The van der Waals surface area contributed by atoms with Crippen LogP contribution < -0.4 is 5.32 Å². The molecule has 10 heteroatoms. The van der Waals surface area contributed by atoms with E-state index in [1.807, 2.05) is 65.0 Å². The maximum atomic E-state index is 14.5. The number of nitrogens with one attached hydrogen (secondary N) is 1. The zero-order chi connectivity index (χ0) is 33.1. The topological polar surface area (TPSA) is 125 Å². The van der Waals surface area contributed by atoms with Crippen LogP contribution in [0.15, 0.2) is 55.6 Å². The number of esters is 1. The SMILES string of the molecule is C=CCCC(=O)OC[C@@H](NC(=O)[C@@H]1[C@H]2C(=O)N([C@@H](CO)C(C)C)[C@H](C(=O)N(CC=C)C(C)(C)C)[C@]23CC[C@H]1O3)c1ccccc1. The smallest absolute Gasteiger partial charge is 0.306 e. The van der Waals surface area contributed by atoms with E-state index in [1.54, 1.807) is 17.1 Å². The number of aliphatic hydroxyl groups is 1. The molecule has 0 aromatic heterocycles. The highest BCUT2D eigenvalue weighted by atomic mass is 16.5. The molecule has 0 saturated carbocycles. The Bertz CT molecular complexity index is 1280. The fraction of sp³-hybridized carbons (Fsp3) is 0.600. The minimum absolute atomic E-state index is 0.0804. The first-order valence-corrected chi connectivity index (χ1v) is 16.0. The van der Waals surface area contributed by atoms with Crippen LogP contribution >= 0.6 is 0 Å². The summed E-state index contributed by atoms with van der Waals surface area (Å²) in [7, 11) is 0. The summed E-state index contributed by atoms with van der Waals surface area (Å²) in [6.45, 7) is 16.9. The first kappa shape index (κ1) is 34.4. The van der Waals surface area contributed by atoms with E-state index < -0.39 is 59.1 Å². The lowest BCUT2D eigenvalue weighted by atomic mass is 9.70. The van der Waals surface area contributed by atoms with E-state index in [1.165, 1.54) is 4.90 Å². The van der Waals surface area contributed by atoms with E-state index in [0.717, 1.165) is 5.56 Å². The van der Waals surface area contributed by atoms with Gasteiger partial charge in [-0.2, -0.15) is 0 Å². The molecule has 0 unspecified atom stereocenters. The molecule has 2 N–H and O–H groups in total. The highest BCUT2D eigenvalue weighted by molar-refractivity contribution is 5.99. The molecule has 4 rings (SSSR count). The number of aliphatic hydroxyl groups excluding tert-OH is 1. The molecule has 0 aliphatic carbocycles. The van der Waals surface area contributed by atoms with Gasteiger partial charge in [-0.1, -0.05) is 56.3 Å². The predicted octanol–water partition coefficient (Wildman–Crippen LogP) is 3.56. The number of fused-ring (bicyclic) bond motifs is 1. The van der Waals surface area contributed by atoms with Gasteiger partial charge in [0.25, 0.3) is 0 Å². The maximum Gasteiger partial charge on any atom is 0.306 e. The van der Waals surface area contributed by atoms with Gasteiger partial charge in [0, 0.05) is 18.5 Å². The molecule has 3 fully saturated rings. The number of rotatable bonds is 14. The quantitative estimate of drug-likeness (QED) is 0.240. The average Bonchev–Trinajstić information content (AvgIpc) is 3.64. The molecular weight excluding hydrogens is 574 g/mol. The van der Waals surface area contributed by atoms with Crippen molar-refractivity contribution in [1.29, 1.82) is 0 Å². The minimum atomic E-state index is -1.22. The Morgan fingerprint density at radius 2 is 1.89 bits per heavy atom. The number of carbonyl (C=O) groups excluding carboxylic acids is 4. The summed E-state index contributed by atoms with van der Waals surface area (Å²) in [6.07, 6.45) is 4.35. The molecule has 45 heavy (non-hydrogen) atoms. The lowest BCUT2D eigenvalue weighted by Gasteiger charge is -2.44. The van der Waals surface area contributed by atoms with Gasteiger partial charge in [0.15, 0.2) is 0 Å². The Morgan fingerprint density at radius 1 is 1.20 bits per heavy atom. The van der Waals surface area contributed by atoms with Crippen molar-refractivity contribution >= 4 is 23.7 Å². The van der Waals surface area contributed by atoms with Crippen LogP contribution in [0.25, 0.3) is 0 Å². The Hall–Kier alpha value is -3.50. The van der Waals surface area contributed by atoms with E-state index in [9.17, 15) is 24.3 Å². The second kappa shape index (κ2) is 13.9. The molecule has 1 aromatic rings. The predicted molar refractivity (Wildman–Crippen MR) is 170 cm³/mol. The summed E-state index contributed by atoms with van der Waals surface area (Å²) in [6, 6.07) is 6.90. The highest BCUT2D eigenvalue weighted by Crippen LogP contribution is 2.59. The second-order valence-electron chi connectivity index (χ2n) is 13.7. The molecule has 3 aliphatic rings. The minimum Gasteiger partial charge on any atom is -0.463 e. The number of likely N-dealkylation sites (tertiary alicyclic amines) is 1. The molecule has 3 amide bonds. The molecule has 3 heterocycles. The average molecular weight is 624 g/mol. The number of nitrogens with zero attached hydrogens (tertiary/aromatic N) is 2. The van der Waals surface area contributed by atoms with E-state index >= 15 is 0 Å². The van der Waals surface area contributed by atoms with E-state index in [2.05, 4.69) is 18.5 Å². The highest BCUT2D eigenvalue weighted by Gasteiger charge is 2.75. The van der Waals surface area contributed by atoms with Crippen LogP contribution in [0.3, 0.4) is 0 Å². The Labute approximate surface area is 266 Å². The summed E-state index contributed by atoms with van der Waals surface area (Å²) < 4.78 is 12.1. The summed E-state index contributed by atoms with van der Waals surface area (Å²) >= 11 is 0. The first-order valence-electron chi connectivity index (χ1n) is 16.0. The Kier molecular flexibility index (Phi) is 10.6.